The van der Waals surface area contributed by atoms with E-state index in [1.54, 1.807) is 18.2 Å². The van der Waals surface area contributed by atoms with Crippen molar-refractivity contribution in [1.82, 2.24) is 4.31 Å². The highest BCUT2D eigenvalue weighted by Gasteiger charge is 2.19. The number of carbonyl (C=O) groups is 1. The Hall–Kier alpha value is -1.31. The van der Waals surface area contributed by atoms with Gasteiger partial charge in [0.25, 0.3) is 0 Å². The minimum Gasteiger partial charge on any atom is -0.324 e. The van der Waals surface area contributed by atoms with E-state index in [1.807, 2.05) is 0 Å². The number of carbonyl (C=O) groups excluding carboxylic acids is 1. The van der Waals surface area contributed by atoms with Crippen LogP contribution in [0.1, 0.15) is 5.56 Å². The topological polar surface area (TPSA) is 66.5 Å². The molecule has 2 aromatic carbocycles. The fraction of sp³-hybridized carbons (Fsp3) is 0.188. The van der Waals surface area contributed by atoms with Gasteiger partial charge >= 0.3 is 0 Å². The Labute approximate surface area is 161 Å². The van der Waals surface area contributed by atoms with E-state index in [-0.39, 0.29) is 27.9 Å². The largest absolute Gasteiger partial charge is 0.324 e. The molecule has 0 unspecified atom stereocenters. The van der Waals surface area contributed by atoms with Crippen molar-refractivity contribution in [3.63, 3.8) is 0 Å². The first kappa shape index (κ1) is 20.0. The molecule has 0 heterocycles. The van der Waals surface area contributed by atoms with Gasteiger partial charge in [0, 0.05) is 14.1 Å². The van der Waals surface area contributed by atoms with Crippen LogP contribution in [-0.4, -0.2) is 32.7 Å². The van der Waals surface area contributed by atoms with Crippen LogP contribution in [0.4, 0.5) is 5.69 Å². The van der Waals surface area contributed by atoms with Crippen molar-refractivity contribution in [3.05, 3.63) is 57.0 Å². The minimum absolute atomic E-state index is 0.0340. The second-order valence-corrected chi connectivity index (χ2v) is 8.78. The molecule has 5 nitrogen and oxygen atoms in total. The first-order valence-electron chi connectivity index (χ1n) is 7.07. The Morgan fingerprint density at radius 1 is 1.00 bits per heavy atom. The maximum atomic E-state index is 12.2. The monoisotopic (exact) mass is 420 g/mol. The van der Waals surface area contributed by atoms with E-state index in [4.69, 9.17) is 34.8 Å². The summed E-state index contributed by atoms with van der Waals surface area (Å²) in [6.45, 7) is 0. The molecule has 2 aromatic rings. The van der Waals surface area contributed by atoms with Gasteiger partial charge in [0.05, 0.1) is 32.1 Å². The van der Waals surface area contributed by atoms with E-state index in [2.05, 4.69) is 5.32 Å². The second-order valence-electron chi connectivity index (χ2n) is 5.40. The molecule has 134 valence electrons. The van der Waals surface area contributed by atoms with Crippen molar-refractivity contribution in [1.29, 1.82) is 0 Å². The molecule has 0 radical (unpaired) electrons. The molecule has 1 N–H and O–H groups in total. The molecule has 25 heavy (non-hydrogen) atoms. The summed E-state index contributed by atoms with van der Waals surface area (Å²) < 4.78 is 25.5. The van der Waals surface area contributed by atoms with Gasteiger partial charge in [0.2, 0.25) is 15.9 Å². The second kappa shape index (κ2) is 7.93. The zero-order valence-corrected chi connectivity index (χ0v) is 16.5. The number of nitrogens with zero attached hydrogens (tertiary/aromatic N) is 1. The molecule has 0 bridgehead atoms. The first-order chi connectivity index (χ1) is 11.6. The quantitative estimate of drug-likeness (QED) is 0.791. The zero-order valence-electron chi connectivity index (χ0n) is 13.4. The molecule has 0 fully saturated rings. The van der Waals surface area contributed by atoms with Crippen molar-refractivity contribution in [2.24, 2.45) is 0 Å². The normalized spacial score (nSPS) is 11.6. The van der Waals surface area contributed by atoms with Gasteiger partial charge in [-0.05, 0) is 35.9 Å². The third kappa shape index (κ3) is 4.86. The SMILES string of the molecule is CN(C)S(=O)(=O)c1ccc(Cl)c(NC(=O)Cc2ccc(Cl)c(Cl)c2)c1. The lowest BCUT2D eigenvalue weighted by Crippen LogP contribution is -2.22. The van der Waals surface area contributed by atoms with Crippen molar-refractivity contribution in [2.45, 2.75) is 11.3 Å². The smallest absolute Gasteiger partial charge is 0.242 e. The Morgan fingerprint density at radius 3 is 2.24 bits per heavy atom. The van der Waals surface area contributed by atoms with Gasteiger partial charge in [-0.2, -0.15) is 0 Å². The van der Waals surface area contributed by atoms with Gasteiger partial charge in [-0.3, -0.25) is 4.79 Å². The summed E-state index contributed by atoms with van der Waals surface area (Å²) in [6.07, 6.45) is 0.0396. The molecule has 0 saturated carbocycles. The van der Waals surface area contributed by atoms with Crippen molar-refractivity contribution in [3.8, 4) is 0 Å². The average Bonchev–Trinajstić information content (AvgIpc) is 2.52. The lowest BCUT2D eigenvalue weighted by atomic mass is 10.1. The highest BCUT2D eigenvalue weighted by atomic mass is 35.5. The van der Waals surface area contributed by atoms with Crippen LogP contribution in [-0.2, 0) is 21.2 Å². The van der Waals surface area contributed by atoms with Crippen molar-refractivity contribution < 1.29 is 13.2 Å². The van der Waals surface area contributed by atoms with Crippen LogP contribution < -0.4 is 5.32 Å². The highest BCUT2D eigenvalue weighted by molar-refractivity contribution is 7.89. The molecule has 0 aromatic heterocycles. The average molecular weight is 422 g/mol. The predicted octanol–water partition coefficient (Wildman–Crippen LogP) is 4.08. The molecule has 0 atom stereocenters. The molecular weight excluding hydrogens is 407 g/mol. The number of amides is 1. The summed E-state index contributed by atoms with van der Waals surface area (Å²) in [4.78, 5) is 12.3. The van der Waals surface area contributed by atoms with Gasteiger partial charge in [-0.25, -0.2) is 12.7 Å². The lowest BCUT2D eigenvalue weighted by molar-refractivity contribution is -0.115. The molecule has 0 spiro atoms. The number of hydrogen-bond donors (Lipinski definition) is 1. The molecule has 0 saturated heterocycles. The van der Waals surface area contributed by atoms with Crippen LogP contribution in [0.3, 0.4) is 0 Å². The molecule has 0 aliphatic rings. The van der Waals surface area contributed by atoms with Crippen molar-refractivity contribution in [2.75, 3.05) is 19.4 Å². The number of anilines is 1. The number of sulfonamides is 1. The van der Waals surface area contributed by atoms with E-state index in [0.29, 0.717) is 15.6 Å². The summed E-state index contributed by atoms with van der Waals surface area (Å²) in [5.41, 5.74) is 0.884. The van der Waals surface area contributed by atoms with E-state index in [1.165, 1.54) is 32.3 Å². The number of nitrogens with one attached hydrogen (secondary N) is 1. The Bertz CT molecular complexity index is 915. The molecular formula is C16H15Cl3N2O3S. The molecule has 0 aliphatic carbocycles. The first-order valence-corrected chi connectivity index (χ1v) is 9.64. The summed E-state index contributed by atoms with van der Waals surface area (Å²) >= 11 is 17.8. The van der Waals surface area contributed by atoms with Crippen LogP contribution in [0.2, 0.25) is 15.1 Å². The summed E-state index contributed by atoms with van der Waals surface area (Å²) in [6, 6.07) is 9.01. The maximum Gasteiger partial charge on any atom is 0.242 e. The summed E-state index contributed by atoms with van der Waals surface area (Å²) in [5, 5.41) is 3.60. The number of rotatable bonds is 5. The molecule has 1 amide bonds. The van der Waals surface area contributed by atoms with Gasteiger partial charge in [-0.15, -0.1) is 0 Å². The minimum atomic E-state index is -3.63. The summed E-state index contributed by atoms with van der Waals surface area (Å²) in [7, 11) is -0.784. The van der Waals surface area contributed by atoms with Crippen LogP contribution in [0.25, 0.3) is 0 Å². The summed E-state index contributed by atoms with van der Waals surface area (Å²) in [5.74, 6) is -0.361. The fourth-order valence-electron chi connectivity index (χ4n) is 2.00. The third-order valence-electron chi connectivity index (χ3n) is 3.34. The van der Waals surface area contributed by atoms with Gasteiger partial charge in [0.1, 0.15) is 0 Å². The van der Waals surface area contributed by atoms with Crippen LogP contribution in [0.5, 0.6) is 0 Å². The Balaban J connectivity index is 2.21. The molecule has 0 aliphatic heterocycles. The maximum absolute atomic E-state index is 12.2. The van der Waals surface area contributed by atoms with E-state index in [9.17, 15) is 13.2 Å². The Kier molecular flexibility index (Phi) is 6.35. The fourth-order valence-corrected chi connectivity index (χ4v) is 3.41. The number of hydrogen-bond acceptors (Lipinski definition) is 3. The molecule has 9 heteroatoms. The highest BCUT2D eigenvalue weighted by Crippen LogP contribution is 2.27. The lowest BCUT2D eigenvalue weighted by Gasteiger charge is -2.14. The van der Waals surface area contributed by atoms with Gasteiger partial charge in [-0.1, -0.05) is 40.9 Å². The Morgan fingerprint density at radius 2 is 1.64 bits per heavy atom. The van der Waals surface area contributed by atoms with Crippen molar-refractivity contribution >= 4 is 56.4 Å². The van der Waals surface area contributed by atoms with E-state index in [0.717, 1.165) is 4.31 Å². The van der Waals surface area contributed by atoms with Crippen LogP contribution in [0.15, 0.2) is 41.3 Å². The van der Waals surface area contributed by atoms with Crippen LogP contribution >= 0.6 is 34.8 Å². The van der Waals surface area contributed by atoms with Gasteiger partial charge in [0.15, 0.2) is 0 Å². The molecule has 2 rings (SSSR count). The van der Waals surface area contributed by atoms with Gasteiger partial charge < -0.3 is 5.32 Å². The number of halogens is 3. The zero-order chi connectivity index (χ0) is 18.8. The standard InChI is InChI=1S/C16H15Cl3N2O3S/c1-21(2)25(23,24)11-4-6-13(18)15(9-11)20-16(22)8-10-3-5-12(17)14(19)7-10/h3-7,9H,8H2,1-2H3,(H,20,22). The third-order valence-corrected chi connectivity index (χ3v) is 6.22. The number of benzene rings is 2. The van der Waals surface area contributed by atoms with E-state index >= 15 is 0 Å². The van der Waals surface area contributed by atoms with Crippen LogP contribution in [0, 0.1) is 0 Å². The predicted molar refractivity (Wildman–Crippen MR) is 101 cm³/mol. The van der Waals surface area contributed by atoms with E-state index < -0.39 is 10.0 Å².